The second-order valence-corrected chi connectivity index (χ2v) is 6.11. The van der Waals surface area contributed by atoms with E-state index in [-0.39, 0.29) is 12.0 Å². The fourth-order valence-electron chi connectivity index (χ4n) is 3.07. The standard InChI is InChI=1S/C17H24N2O3/c20-17(8-11-19-9-4-1-5-10-19)18-12-14-13-21-15-6-2-3-7-16(15)22-14/h2-3,6-7,14H,1,4-5,8-13H2,(H,18,20)/p+1/t14-/m0/s1. The smallest absolute Gasteiger partial charge is 0.225 e. The molecule has 2 heterocycles. The summed E-state index contributed by atoms with van der Waals surface area (Å²) in [7, 11) is 0. The Kier molecular flexibility index (Phi) is 5.16. The summed E-state index contributed by atoms with van der Waals surface area (Å²) in [5.74, 6) is 1.64. The van der Waals surface area contributed by atoms with Crippen molar-refractivity contribution in [2.75, 3.05) is 32.8 Å². The number of amides is 1. The number of nitrogens with one attached hydrogen (secondary N) is 2. The van der Waals surface area contributed by atoms with Crippen LogP contribution in [-0.2, 0) is 4.79 Å². The first-order valence-electron chi connectivity index (χ1n) is 8.30. The number of rotatable bonds is 5. The maximum Gasteiger partial charge on any atom is 0.225 e. The van der Waals surface area contributed by atoms with Gasteiger partial charge >= 0.3 is 0 Å². The lowest BCUT2D eigenvalue weighted by molar-refractivity contribution is -0.904. The Morgan fingerprint density at radius 3 is 2.77 bits per heavy atom. The first kappa shape index (κ1) is 15.2. The lowest BCUT2D eigenvalue weighted by Crippen LogP contribution is -3.12. The number of carbonyl (C=O) groups excluding carboxylic acids is 1. The average Bonchev–Trinajstić information content (AvgIpc) is 2.59. The lowest BCUT2D eigenvalue weighted by atomic mass is 10.1. The van der Waals surface area contributed by atoms with Gasteiger partial charge in [-0.25, -0.2) is 0 Å². The van der Waals surface area contributed by atoms with Gasteiger partial charge in [-0.3, -0.25) is 4.79 Å². The molecule has 2 aliphatic heterocycles. The van der Waals surface area contributed by atoms with E-state index in [1.807, 2.05) is 24.3 Å². The zero-order valence-corrected chi connectivity index (χ0v) is 13.0. The van der Waals surface area contributed by atoms with Gasteiger partial charge in [0, 0.05) is 0 Å². The van der Waals surface area contributed by atoms with E-state index in [4.69, 9.17) is 9.47 Å². The molecule has 0 spiro atoms. The van der Waals surface area contributed by atoms with E-state index in [1.165, 1.54) is 32.4 Å². The summed E-state index contributed by atoms with van der Waals surface area (Å²) in [5.41, 5.74) is 0. The molecule has 1 saturated heterocycles. The van der Waals surface area contributed by atoms with Crippen molar-refractivity contribution in [3.8, 4) is 11.5 Å². The number of para-hydroxylation sites is 2. The number of fused-ring (bicyclic) bond motifs is 1. The highest BCUT2D eigenvalue weighted by molar-refractivity contribution is 5.75. The third-order valence-corrected chi connectivity index (χ3v) is 4.36. The summed E-state index contributed by atoms with van der Waals surface area (Å²) in [5, 5.41) is 2.97. The third-order valence-electron chi connectivity index (χ3n) is 4.36. The molecule has 0 aliphatic carbocycles. The number of likely N-dealkylation sites (tertiary alicyclic amines) is 1. The van der Waals surface area contributed by atoms with E-state index in [2.05, 4.69) is 5.32 Å². The van der Waals surface area contributed by atoms with Crippen molar-refractivity contribution in [3.05, 3.63) is 24.3 Å². The second kappa shape index (κ2) is 7.49. The Morgan fingerprint density at radius 2 is 1.95 bits per heavy atom. The number of quaternary nitrogens is 1. The van der Waals surface area contributed by atoms with Gasteiger partial charge in [0.2, 0.25) is 5.91 Å². The number of carbonyl (C=O) groups is 1. The molecule has 5 heteroatoms. The quantitative estimate of drug-likeness (QED) is 0.828. The first-order chi connectivity index (χ1) is 10.8. The number of piperidine rings is 1. The van der Waals surface area contributed by atoms with Crippen LogP contribution in [0.15, 0.2) is 24.3 Å². The van der Waals surface area contributed by atoms with Crippen LogP contribution in [0.25, 0.3) is 0 Å². The zero-order chi connectivity index (χ0) is 15.2. The fourth-order valence-corrected chi connectivity index (χ4v) is 3.07. The molecule has 1 amide bonds. The molecule has 2 aliphatic rings. The molecule has 5 nitrogen and oxygen atoms in total. The molecule has 0 radical (unpaired) electrons. The van der Waals surface area contributed by atoms with Crippen LogP contribution >= 0.6 is 0 Å². The van der Waals surface area contributed by atoms with Gasteiger partial charge in [-0.2, -0.15) is 0 Å². The molecular formula is C17H25N2O3+. The maximum atomic E-state index is 12.0. The van der Waals surface area contributed by atoms with E-state index < -0.39 is 0 Å². The Labute approximate surface area is 131 Å². The van der Waals surface area contributed by atoms with Crippen LogP contribution in [0.2, 0.25) is 0 Å². The zero-order valence-electron chi connectivity index (χ0n) is 13.0. The van der Waals surface area contributed by atoms with Crippen LogP contribution in [0, 0.1) is 0 Å². The van der Waals surface area contributed by atoms with Crippen molar-refractivity contribution in [1.82, 2.24) is 5.32 Å². The predicted molar refractivity (Wildman–Crippen MR) is 83.4 cm³/mol. The highest BCUT2D eigenvalue weighted by Crippen LogP contribution is 2.30. The van der Waals surface area contributed by atoms with E-state index in [9.17, 15) is 4.79 Å². The number of ether oxygens (including phenoxy) is 2. The molecule has 3 rings (SSSR count). The molecule has 1 aromatic rings. The van der Waals surface area contributed by atoms with Crippen molar-refractivity contribution in [1.29, 1.82) is 0 Å². The van der Waals surface area contributed by atoms with Gasteiger partial charge in [-0.1, -0.05) is 12.1 Å². The molecule has 1 fully saturated rings. The molecule has 0 aromatic heterocycles. The van der Waals surface area contributed by atoms with Gasteiger partial charge in [0.05, 0.1) is 32.6 Å². The minimum atomic E-state index is -0.110. The normalized spacial score (nSPS) is 21.4. The summed E-state index contributed by atoms with van der Waals surface area (Å²) in [6, 6.07) is 7.63. The van der Waals surface area contributed by atoms with Crippen molar-refractivity contribution in [2.45, 2.75) is 31.8 Å². The van der Waals surface area contributed by atoms with E-state index >= 15 is 0 Å². The lowest BCUT2D eigenvalue weighted by Gasteiger charge is -2.26. The minimum Gasteiger partial charge on any atom is -0.486 e. The van der Waals surface area contributed by atoms with Crippen molar-refractivity contribution in [3.63, 3.8) is 0 Å². The molecule has 1 atom stereocenters. The topological polar surface area (TPSA) is 52.0 Å². The van der Waals surface area contributed by atoms with Crippen LogP contribution in [0.3, 0.4) is 0 Å². The molecule has 22 heavy (non-hydrogen) atoms. The molecule has 2 N–H and O–H groups in total. The van der Waals surface area contributed by atoms with Gasteiger partial charge in [0.25, 0.3) is 0 Å². The molecule has 0 bridgehead atoms. The molecule has 0 unspecified atom stereocenters. The van der Waals surface area contributed by atoms with Gasteiger partial charge in [0.1, 0.15) is 12.7 Å². The van der Waals surface area contributed by atoms with Crippen LogP contribution < -0.4 is 19.7 Å². The van der Waals surface area contributed by atoms with Gasteiger partial charge in [0.15, 0.2) is 11.5 Å². The van der Waals surface area contributed by atoms with Crippen LogP contribution in [-0.4, -0.2) is 44.8 Å². The Bertz CT molecular complexity index is 500. The summed E-state index contributed by atoms with van der Waals surface area (Å²) in [4.78, 5) is 13.5. The molecule has 120 valence electrons. The van der Waals surface area contributed by atoms with Gasteiger partial charge in [-0.05, 0) is 31.4 Å². The Morgan fingerprint density at radius 1 is 1.18 bits per heavy atom. The largest absolute Gasteiger partial charge is 0.486 e. The Hall–Kier alpha value is -1.75. The van der Waals surface area contributed by atoms with Gasteiger partial charge in [-0.15, -0.1) is 0 Å². The molecular weight excluding hydrogens is 280 g/mol. The predicted octanol–water partition coefficient (Wildman–Crippen LogP) is 0.402. The van der Waals surface area contributed by atoms with Gasteiger partial charge < -0.3 is 19.7 Å². The summed E-state index contributed by atoms with van der Waals surface area (Å²) in [6.45, 7) is 4.35. The second-order valence-electron chi connectivity index (χ2n) is 6.11. The van der Waals surface area contributed by atoms with Crippen molar-refractivity contribution < 1.29 is 19.2 Å². The highest BCUT2D eigenvalue weighted by atomic mass is 16.6. The minimum absolute atomic E-state index is 0.110. The highest BCUT2D eigenvalue weighted by Gasteiger charge is 2.21. The molecule has 0 saturated carbocycles. The van der Waals surface area contributed by atoms with E-state index in [0.717, 1.165) is 18.0 Å². The van der Waals surface area contributed by atoms with Crippen molar-refractivity contribution >= 4 is 5.91 Å². The van der Waals surface area contributed by atoms with Crippen LogP contribution in [0.1, 0.15) is 25.7 Å². The van der Waals surface area contributed by atoms with E-state index in [1.54, 1.807) is 4.90 Å². The maximum absolute atomic E-state index is 12.0. The monoisotopic (exact) mass is 305 g/mol. The average molecular weight is 305 g/mol. The molecule has 1 aromatic carbocycles. The third kappa shape index (κ3) is 4.13. The SMILES string of the molecule is O=C(CC[NH+]1CCCCC1)NC[C@H]1COc2ccccc2O1. The summed E-state index contributed by atoms with van der Waals surface area (Å²) >= 11 is 0. The number of hydrogen-bond acceptors (Lipinski definition) is 3. The summed E-state index contributed by atoms with van der Waals surface area (Å²) < 4.78 is 11.5. The number of benzene rings is 1. The van der Waals surface area contributed by atoms with Crippen molar-refractivity contribution in [2.24, 2.45) is 0 Å². The van der Waals surface area contributed by atoms with E-state index in [0.29, 0.717) is 19.6 Å². The summed E-state index contributed by atoms with van der Waals surface area (Å²) in [6.07, 6.45) is 4.42. The first-order valence-corrected chi connectivity index (χ1v) is 8.30. The van der Waals surface area contributed by atoms with Crippen LogP contribution in [0.4, 0.5) is 0 Å². The Balaban J connectivity index is 1.37. The van der Waals surface area contributed by atoms with Crippen LogP contribution in [0.5, 0.6) is 11.5 Å². The fraction of sp³-hybridized carbons (Fsp3) is 0.588. The number of hydrogen-bond donors (Lipinski definition) is 2.